The van der Waals surface area contributed by atoms with Gasteiger partial charge in [0.15, 0.2) is 0 Å². The molecule has 5 heteroatoms. The minimum atomic E-state index is -0.432. The van der Waals surface area contributed by atoms with Gasteiger partial charge in [-0.25, -0.2) is 0 Å². The van der Waals surface area contributed by atoms with Crippen LogP contribution in [0, 0.1) is 10.1 Å². The van der Waals surface area contributed by atoms with E-state index in [1.165, 1.54) is 6.07 Å². The van der Waals surface area contributed by atoms with Crippen LogP contribution in [-0.2, 0) is 6.42 Å². The van der Waals surface area contributed by atoms with Gasteiger partial charge in [-0.3, -0.25) is 10.1 Å². The van der Waals surface area contributed by atoms with E-state index in [-0.39, 0.29) is 11.7 Å². The molecule has 0 fully saturated rings. The van der Waals surface area contributed by atoms with Gasteiger partial charge in [0.25, 0.3) is 5.69 Å². The first-order valence-corrected chi connectivity index (χ1v) is 6.19. The SMILES string of the molecule is NC(Cc1ccc(Cl)cc1[N+](=O)[O-])c1ccccc1. The van der Waals surface area contributed by atoms with Gasteiger partial charge in [0.1, 0.15) is 0 Å². The average Bonchev–Trinajstić information content (AvgIpc) is 2.41. The summed E-state index contributed by atoms with van der Waals surface area (Å²) in [6.45, 7) is 0. The Kier molecular flexibility index (Phi) is 4.14. The Balaban J connectivity index is 2.26. The smallest absolute Gasteiger partial charge is 0.274 e. The molecule has 0 heterocycles. The van der Waals surface area contributed by atoms with Crippen LogP contribution in [0.4, 0.5) is 5.69 Å². The van der Waals surface area contributed by atoms with Crippen molar-refractivity contribution in [3.8, 4) is 0 Å². The molecule has 0 saturated carbocycles. The number of benzene rings is 2. The maximum atomic E-state index is 11.0. The molecule has 0 aliphatic heterocycles. The van der Waals surface area contributed by atoms with Crippen molar-refractivity contribution in [3.05, 3.63) is 74.8 Å². The Bertz CT molecular complexity index is 587. The third kappa shape index (κ3) is 3.30. The first-order valence-electron chi connectivity index (χ1n) is 5.81. The molecule has 2 aromatic carbocycles. The van der Waals surface area contributed by atoms with E-state index in [4.69, 9.17) is 17.3 Å². The predicted molar refractivity (Wildman–Crippen MR) is 75.2 cm³/mol. The number of rotatable bonds is 4. The fourth-order valence-electron chi connectivity index (χ4n) is 1.93. The topological polar surface area (TPSA) is 69.2 Å². The summed E-state index contributed by atoms with van der Waals surface area (Å²) >= 11 is 5.78. The molecule has 98 valence electrons. The summed E-state index contributed by atoms with van der Waals surface area (Å²) in [5, 5.41) is 11.3. The quantitative estimate of drug-likeness (QED) is 0.686. The zero-order valence-electron chi connectivity index (χ0n) is 10.1. The standard InChI is InChI=1S/C14H13ClN2O2/c15-12-7-6-11(14(9-12)17(18)19)8-13(16)10-4-2-1-3-5-10/h1-7,9,13H,8,16H2. The second-order valence-electron chi connectivity index (χ2n) is 4.25. The van der Waals surface area contributed by atoms with Crippen molar-refractivity contribution in [1.82, 2.24) is 0 Å². The van der Waals surface area contributed by atoms with Gasteiger partial charge in [0.05, 0.1) is 4.92 Å². The molecular formula is C14H13ClN2O2. The Morgan fingerprint density at radius 3 is 2.53 bits per heavy atom. The highest BCUT2D eigenvalue weighted by Gasteiger charge is 2.17. The zero-order valence-corrected chi connectivity index (χ0v) is 10.9. The van der Waals surface area contributed by atoms with E-state index in [0.717, 1.165) is 5.56 Å². The second-order valence-corrected chi connectivity index (χ2v) is 4.69. The molecule has 0 saturated heterocycles. The molecule has 19 heavy (non-hydrogen) atoms. The molecule has 0 amide bonds. The summed E-state index contributed by atoms with van der Waals surface area (Å²) in [5.41, 5.74) is 7.63. The fourth-order valence-corrected chi connectivity index (χ4v) is 2.10. The second kappa shape index (κ2) is 5.82. The lowest BCUT2D eigenvalue weighted by molar-refractivity contribution is -0.385. The van der Waals surface area contributed by atoms with E-state index in [1.54, 1.807) is 12.1 Å². The van der Waals surface area contributed by atoms with E-state index in [0.29, 0.717) is 17.0 Å². The molecule has 1 unspecified atom stereocenters. The van der Waals surface area contributed by atoms with Crippen LogP contribution in [0.15, 0.2) is 48.5 Å². The van der Waals surface area contributed by atoms with Crippen molar-refractivity contribution in [3.63, 3.8) is 0 Å². The highest BCUT2D eigenvalue weighted by molar-refractivity contribution is 6.30. The number of hydrogen-bond acceptors (Lipinski definition) is 3. The lowest BCUT2D eigenvalue weighted by Crippen LogP contribution is -2.14. The number of nitrogens with two attached hydrogens (primary N) is 1. The van der Waals surface area contributed by atoms with Gasteiger partial charge in [-0.15, -0.1) is 0 Å². The van der Waals surface area contributed by atoms with Crippen molar-refractivity contribution in [1.29, 1.82) is 0 Å². The number of halogens is 1. The zero-order chi connectivity index (χ0) is 13.8. The highest BCUT2D eigenvalue weighted by Crippen LogP contribution is 2.26. The Morgan fingerprint density at radius 1 is 1.21 bits per heavy atom. The Morgan fingerprint density at radius 2 is 1.89 bits per heavy atom. The lowest BCUT2D eigenvalue weighted by atomic mass is 9.99. The number of nitro groups is 1. The summed E-state index contributed by atoms with van der Waals surface area (Å²) in [6, 6.07) is 13.9. The van der Waals surface area contributed by atoms with Crippen LogP contribution in [0.25, 0.3) is 0 Å². The maximum absolute atomic E-state index is 11.0. The third-order valence-corrected chi connectivity index (χ3v) is 3.15. The minimum Gasteiger partial charge on any atom is -0.324 e. The van der Waals surface area contributed by atoms with Crippen LogP contribution in [0.5, 0.6) is 0 Å². The summed E-state index contributed by atoms with van der Waals surface area (Å²) in [7, 11) is 0. The molecule has 1 atom stereocenters. The van der Waals surface area contributed by atoms with Crippen LogP contribution in [0.3, 0.4) is 0 Å². The Labute approximate surface area is 116 Å². The van der Waals surface area contributed by atoms with Crippen LogP contribution < -0.4 is 5.73 Å². The summed E-state index contributed by atoms with van der Waals surface area (Å²) in [6.07, 6.45) is 0.400. The molecule has 0 spiro atoms. The number of hydrogen-bond donors (Lipinski definition) is 1. The van der Waals surface area contributed by atoms with Crippen molar-refractivity contribution >= 4 is 17.3 Å². The van der Waals surface area contributed by atoms with Crippen LogP contribution in [0.2, 0.25) is 5.02 Å². The van der Waals surface area contributed by atoms with Gasteiger partial charge in [-0.05, 0) is 18.1 Å². The summed E-state index contributed by atoms with van der Waals surface area (Å²) < 4.78 is 0. The lowest BCUT2D eigenvalue weighted by Gasteiger charge is -2.12. The van der Waals surface area contributed by atoms with Gasteiger partial charge >= 0.3 is 0 Å². The monoisotopic (exact) mass is 276 g/mol. The number of nitro benzene ring substituents is 1. The molecule has 4 nitrogen and oxygen atoms in total. The molecule has 2 aromatic rings. The highest BCUT2D eigenvalue weighted by atomic mass is 35.5. The molecule has 0 aliphatic rings. The van der Waals surface area contributed by atoms with Gasteiger partial charge in [-0.1, -0.05) is 48.0 Å². The van der Waals surface area contributed by atoms with Gasteiger partial charge < -0.3 is 5.73 Å². The molecule has 0 radical (unpaired) electrons. The van der Waals surface area contributed by atoms with Crippen molar-refractivity contribution < 1.29 is 4.92 Å². The largest absolute Gasteiger partial charge is 0.324 e. The molecule has 0 aliphatic carbocycles. The fraction of sp³-hybridized carbons (Fsp3) is 0.143. The van der Waals surface area contributed by atoms with Crippen molar-refractivity contribution in [2.45, 2.75) is 12.5 Å². The van der Waals surface area contributed by atoms with Crippen molar-refractivity contribution in [2.75, 3.05) is 0 Å². The van der Waals surface area contributed by atoms with Gasteiger partial charge in [0, 0.05) is 22.7 Å². The molecular weight excluding hydrogens is 264 g/mol. The van der Waals surface area contributed by atoms with Crippen LogP contribution >= 0.6 is 11.6 Å². The predicted octanol–water partition coefficient (Wildman–Crippen LogP) is 3.49. The van der Waals surface area contributed by atoms with Crippen molar-refractivity contribution in [2.24, 2.45) is 5.73 Å². The molecule has 0 bridgehead atoms. The molecule has 2 rings (SSSR count). The third-order valence-electron chi connectivity index (χ3n) is 2.91. The van der Waals surface area contributed by atoms with Gasteiger partial charge in [-0.2, -0.15) is 0 Å². The van der Waals surface area contributed by atoms with E-state index in [2.05, 4.69) is 0 Å². The molecule has 0 aromatic heterocycles. The van der Waals surface area contributed by atoms with E-state index >= 15 is 0 Å². The summed E-state index contributed by atoms with van der Waals surface area (Å²) in [5.74, 6) is 0. The first-order chi connectivity index (χ1) is 9.08. The van der Waals surface area contributed by atoms with Gasteiger partial charge in [0.2, 0.25) is 0 Å². The van der Waals surface area contributed by atoms with Crippen LogP contribution in [0.1, 0.15) is 17.2 Å². The average molecular weight is 277 g/mol. The van der Waals surface area contributed by atoms with Crippen LogP contribution in [-0.4, -0.2) is 4.92 Å². The minimum absolute atomic E-state index is 0.0129. The van der Waals surface area contributed by atoms with E-state index < -0.39 is 4.92 Å². The maximum Gasteiger partial charge on any atom is 0.274 e. The molecule has 2 N–H and O–H groups in total. The Hall–Kier alpha value is -1.91. The normalized spacial score (nSPS) is 12.1. The summed E-state index contributed by atoms with van der Waals surface area (Å²) in [4.78, 5) is 10.6. The number of nitrogens with zero attached hydrogens (tertiary/aromatic N) is 1. The van der Waals surface area contributed by atoms with E-state index in [9.17, 15) is 10.1 Å². The van der Waals surface area contributed by atoms with E-state index in [1.807, 2.05) is 30.3 Å². The first kappa shape index (κ1) is 13.5.